The van der Waals surface area contributed by atoms with Crippen molar-refractivity contribution in [2.24, 2.45) is 5.73 Å². The van der Waals surface area contributed by atoms with Gasteiger partial charge in [-0.25, -0.2) is 0 Å². The lowest BCUT2D eigenvalue weighted by Gasteiger charge is -2.23. The normalized spacial score (nSPS) is 23.9. The van der Waals surface area contributed by atoms with E-state index in [9.17, 15) is 4.79 Å². The fourth-order valence-electron chi connectivity index (χ4n) is 1.67. The highest BCUT2D eigenvalue weighted by atomic mass is 16.2. The smallest absolute Gasteiger partial charge is 0.237 e. The molecule has 82 valence electrons. The van der Waals surface area contributed by atoms with Gasteiger partial charge in [-0.2, -0.15) is 0 Å². The number of rotatable bonds is 3. The van der Waals surface area contributed by atoms with Crippen LogP contribution in [0.1, 0.15) is 26.7 Å². The number of nitrogens with one attached hydrogen (secondary N) is 1. The topological polar surface area (TPSA) is 58.4 Å². The summed E-state index contributed by atoms with van der Waals surface area (Å²) in [7, 11) is 1.99. The van der Waals surface area contributed by atoms with Crippen molar-refractivity contribution in [3.63, 3.8) is 0 Å². The summed E-state index contributed by atoms with van der Waals surface area (Å²) < 4.78 is 0. The summed E-state index contributed by atoms with van der Waals surface area (Å²) in [5.41, 5.74) is 5.46. The second-order valence-electron chi connectivity index (χ2n) is 4.85. The maximum atomic E-state index is 11.7. The summed E-state index contributed by atoms with van der Waals surface area (Å²) in [5.74, 6) is 0.114. The number of hydrogen-bond acceptors (Lipinski definition) is 3. The Morgan fingerprint density at radius 3 is 2.71 bits per heavy atom. The molecule has 1 heterocycles. The molecule has 4 heteroatoms. The van der Waals surface area contributed by atoms with Crippen molar-refractivity contribution in [1.29, 1.82) is 0 Å². The van der Waals surface area contributed by atoms with E-state index in [1.807, 2.05) is 20.9 Å². The number of likely N-dealkylation sites (tertiary alicyclic amines) is 1. The first kappa shape index (κ1) is 11.5. The van der Waals surface area contributed by atoms with E-state index >= 15 is 0 Å². The van der Waals surface area contributed by atoms with Crippen LogP contribution in [0.5, 0.6) is 0 Å². The average molecular weight is 199 g/mol. The van der Waals surface area contributed by atoms with Gasteiger partial charge in [0, 0.05) is 12.1 Å². The molecule has 1 amide bonds. The number of likely N-dealkylation sites (N-methyl/N-ethyl adjacent to an activating group) is 1. The van der Waals surface area contributed by atoms with E-state index in [-0.39, 0.29) is 17.5 Å². The highest BCUT2D eigenvalue weighted by Gasteiger charge is 2.28. The summed E-state index contributed by atoms with van der Waals surface area (Å²) in [6.45, 7) is 5.37. The molecule has 0 spiro atoms. The maximum Gasteiger partial charge on any atom is 0.237 e. The summed E-state index contributed by atoms with van der Waals surface area (Å²) in [5, 5.41) is 2.89. The predicted octanol–water partition coefficient (Wildman–Crippen LogP) is -0.0659. The lowest BCUT2D eigenvalue weighted by molar-refractivity contribution is -0.125. The molecule has 1 fully saturated rings. The molecule has 0 aromatic heterocycles. The summed E-state index contributed by atoms with van der Waals surface area (Å²) >= 11 is 0. The summed E-state index contributed by atoms with van der Waals surface area (Å²) in [6.07, 6.45) is 2.08. The number of nitrogens with zero attached hydrogens (tertiary/aromatic N) is 1. The van der Waals surface area contributed by atoms with Gasteiger partial charge in [0.1, 0.15) is 0 Å². The van der Waals surface area contributed by atoms with Crippen LogP contribution in [0.25, 0.3) is 0 Å². The molecular weight excluding hydrogens is 178 g/mol. The van der Waals surface area contributed by atoms with Gasteiger partial charge in [0.05, 0.1) is 6.04 Å². The monoisotopic (exact) mass is 199 g/mol. The van der Waals surface area contributed by atoms with Gasteiger partial charge in [-0.15, -0.1) is 0 Å². The van der Waals surface area contributed by atoms with Gasteiger partial charge in [0.25, 0.3) is 0 Å². The van der Waals surface area contributed by atoms with Crippen LogP contribution < -0.4 is 11.1 Å². The first-order chi connectivity index (χ1) is 6.40. The van der Waals surface area contributed by atoms with Gasteiger partial charge in [-0.3, -0.25) is 9.69 Å². The first-order valence-electron chi connectivity index (χ1n) is 5.17. The molecule has 0 bridgehead atoms. The Kier molecular flexibility index (Phi) is 3.50. The van der Waals surface area contributed by atoms with E-state index in [2.05, 4.69) is 10.2 Å². The lowest BCUT2D eigenvalue weighted by atomic mass is 10.1. The molecule has 0 aromatic carbocycles. The highest BCUT2D eigenvalue weighted by Crippen LogP contribution is 2.14. The quantitative estimate of drug-likeness (QED) is 0.669. The Hall–Kier alpha value is -0.610. The highest BCUT2D eigenvalue weighted by molar-refractivity contribution is 5.82. The molecule has 1 atom stereocenters. The molecule has 1 rings (SSSR count). The van der Waals surface area contributed by atoms with Crippen molar-refractivity contribution in [3.05, 3.63) is 0 Å². The largest absolute Gasteiger partial charge is 0.353 e. The molecular formula is C10H21N3O. The third-order valence-electron chi connectivity index (χ3n) is 2.54. The van der Waals surface area contributed by atoms with Crippen molar-refractivity contribution in [3.8, 4) is 0 Å². The molecule has 0 saturated carbocycles. The molecule has 4 nitrogen and oxygen atoms in total. The zero-order chi connectivity index (χ0) is 10.8. The standard InChI is InChI=1S/C10H21N3O/c1-10(2,11)7-12-9(14)8-5-4-6-13(8)3/h8H,4-7,11H2,1-3H3,(H,12,14). The fourth-order valence-corrected chi connectivity index (χ4v) is 1.67. The van der Waals surface area contributed by atoms with Crippen LogP contribution >= 0.6 is 0 Å². The minimum atomic E-state index is -0.327. The van der Waals surface area contributed by atoms with Crippen LogP contribution in [0.15, 0.2) is 0 Å². The Labute approximate surface area is 85.8 Å². The minimum absolute atomic E-state index is 0.0531. The minimum Gasteiger partial charge on any atom is -0.353 e. The molecule has 1 unspecified atom stereocenters. The summed E-state index contributed by atoms with van der Waals surface area (Å²) in [4.78, 5) is 13.8. The van der Waals surface area contributed by atoms with Gasteiger partial charge in [-0.05, 0) is 40.3 Å². The molecule has 1 aliphatic heterocycles. The van der Waals surface area contributed by atoms with Crippen molar-refractivity contribution >= 4 is 5.91 Å². The van der Waals surface area contributed by atoms with E-state index in [1.54, 1.807) is 0 Å². The van der Waals surface area contributed by atoms with Gasteiger partial charge in [0.2, 0.25) is 5.91 Å². The Morgan fingerprint density at radius 2 is 2.29 bits per heavy atom. The second kappa shape index (κ2) is 4.28. The molecule has 0 aromatic rings. The Morgan fingerprint density at radius 1 is 1.64 bits per heavy atom. The van der Waals surface area contributed by atoms with E-state index in [4.69, 9.17) is 5.73 Å². The van der Waals surface area contributed by atoms with Crippen molar-refractivity contribution in [2.75, 3.05) is 20.1 Å². The van der Waals surface area contributed by atoms with Crippen LogP contribution in [-0.4, -0.2) is 42.5 Å². The van der Waals surface area contributed by atoms with Crippen molar-refractivity contribution in [2.45, 2.75) is 38.3 Å². The third kappa shape index (κ3) is 3.27. The Balaban J connectivity index is 2.35. The van der Waals surface area contributed by atoms with E-state index in [0.29, 0.717) is 6.54 Å². The van der Waals surface area contributed by atoms with Gasteiger partial charge < -0.3 is 11.1 Å². The van der Waals surface area contributed by atoms with E-state index in [1.165, 1.54) is 0 Å². The number of hydrogen-bond donors (Lipinski definition) is 2. The van der Waals surface area contributed by atoms with E-state index in [0.717, 1.165) is 19.4 Å². The van der Waals surface area contributed by atoms with Crippen LogP contribution in [0.3, 0.4) is 0 Å². The van der Waals surface area contributed by atoms with Gasteiger partial charge in [0.15, 0.2) is 0 Å². The van der Waals surface area contributed by atoms with Crippen LogP contribution in [0.4, 0.5) is 0 Å². The molecule has 1 saturated heterocycles. The van der Waals surface area contributed by atoms with Crippen molar-refractivity contribution < 1.29 is 4.79 Å². The molecule has 0 radical (unpaired) electrons. The van der Waals surface area contributed by atoms with Gasteiger partial charge in [-0.1, -0.05) is 0 Å². The molecule has 1 aliphatic rings. The zero-order valence-corrected chi connectivity index (χ0v) is 9.34. The third-order valence-corrected chi connectivity index (χ3v) is 2.54. The Bertz CT molecular complexity index is 210. The number of amides is 1. The van der Waals surface area contributed by atoms with Crippen molar-refractivity contribution in [1.82, 2.24) is 10.2 Å². The van der Waals surface area contributed by atoms with Crippen LogP contribution in [0, 0.1) is 0 Å². The summed E-state index contributed by atoms with van der Waals surface area (Å²) in [6, 6.07) is 0.0531. The number of nitrogens with two attached hydrogens (primary N) is 1. The molecule has 0 aliphatic carbocycles. The van der Waals surface area contributed by atoms with E-state index < -0.39 is 0 Å². The number of carbonyl (C=O) groups excluding carboxylic acids is 1. The lowest BCUT2D eigenvalue weighted by Crippen LogP contribution is -2.49. The average Bonchev–Trinajstić information content (AvgIpc) is 2.46. The van der Waals surface area contributed by atoms with Crippen LogP contribution in [0.2, 0.25) is 0 Å². The number of carbonyl (C=O) groups is 1. The van der Waals surface area contributed by atoms with Gasteiger partial charge >= 0.3 is 0 Å². The predicted molar refractivity (Wildman–Crippen MR) is 56.9 cm³/mol. The second-order valence-corrected chi connectivity index (χ2v) is 4.85. The molecule has 14 heavy (non-hydrogen) atoms. The van der Waals surface area contributed by atoms with Crippen LogP contribution in [-0.2, 0) is 4.79 Å². The first-order valence-corrected chi connectivity index (χ1v) is 5.17. The maximum absolute atomic E-state index is 11.7. The molecule has 3 N–H and O–H groups in total. The fraction of sp³-hybridized carbons (Fsp3) is 0.900. The SMILES string of the molecule is CN1CCCC1C(=O)NCC(C)(C)N. The zero-order valence-electron chi connectivity index (χ0n) is 9.34.